The highest BCUT2D eigenvalue weighted by Crippen LogP contribution is 2.36. The average Bonchev–Trinajstić information content (AvgIpc) is 2.81. The molecule has 0 unspecified atom stereocenters. The first kappa shape index (κ1) is 21.9. The lowest BCUT2D eigenvalue weighted by atomic mass is 9.89. The van der Waals surface area contributed by atoms with Crippen LogP contribution in [0.4, 0.5) is 0 Å². The van der Waals surface area contributed by atoms with Crippen LogP contribution in [0.15, 0.2) is 24.3 Å². The van der Waals surface area contributed by atoms with Crippen molar-refractivity contribution < 1.29 is 25.2 Å². The van der Waals surface area contributed by atoms with Gasteiger partial charge in [-0.1, -0.05) is 44.1 Å². The second kappa shape index (κ2) is 12.2. The molecule has 0 aliphatic heterocycles. The summed E-state index contributed by atoms with van der Waals surface area (Å²) in [7, 11) is 0. The van der Waals surface area contributed by atoms with Crippen LogP contribution in [-0.2, 0) is 4.79 Å². The normalized spacial score (nSPS) is 28.2. The number of hydrogen-bond acceptors (Lipinski definition) is 4. The van der Waals surface area contributed by atoms with Crippen molar-refractivity contribution in [1.82, 2.24) is 0 Å². The van der Waals surface area contributed by atoms with Gasteiger partial charge in [-0.05, 0) is 38.0 Å². The van der Waals surface area contributed by atoms with Crippen LogP contribution < -0.4 is 0 Å². The Morgan fingerprint density at radius 3 is 2.60 bits per heavy atom. The molecule has 5 heteroatoms. The molecule has 144 valence electrons. The second-order valence-electron chi connectivity index (χ2n) is 7.05. The Morgan fingerprint density at radius 2 is 1.92 bits per heavy atom. The minimum atomic E-state index is -0.865. The van der Waals surface area contributed by atoms with Crippen molar-refractivity contribution in [2.75, 3.05) is 0 Å². The molecule has 0 aromatic rings. The highest BCUT2D eigenvalue weighted by Gasteiger charge is 2.39. The summed E-state index contributed by atoms with van der Waals surface area (Å²) >= 11 is 0. The van der Waals surface area contributed by atoms with Gasteiger partial charge in [0.25, 0.3) is 0 Å². The van der Waals surface area contributed by atoms with Crippen molar-refractivity contribution in [1.29, 1.82) is 0 Å². The molecule has 1 aliphatic rings. The molecule has 1 fully saturated rings. The van der Waals surface area contributed by atoms with Gasteiger partial charge in [-0.15, -0.1) is 0 Å². The van der Waals surface area contributed by atoms with Gasteiger partial charge in [-0.2, -0.15) is 0 Å². The Kier molecular flexibility index (Phi) is 10.7. The molecule has 4 N–H and O–H groups in total. The number of carbonyl (C=O) groups is 1. The Morgan fingerprint density at radius 1 is 1.16 bits per heavy atom. The SMILES string of the molecule is CCCCC/C=C\C[C@H]1[C@H](/C=C/[C@@H](O)CCCC(=O)O)[C@@H](O)C[C@H]1O. The van der Waals surface area contributed by atoms with Crippen molar-refractivity contribution in [2.45, 2.75) is 83.0 Å². The lowest BCUT2D eigenvalue weighted by molar-refractivity contribution is -0.137. The Bertz CT molecular complexity index is 432. The largest absolute Gasteiger partial charge is 0.481 e. The van der Waals surface area contributed by atoms with Crippen LogP contribution in [0.5, 0.6) is 0 Å². The molecule has 5 nitrogen and oxygen atoms in total. The predicted molar refractivity (Wildman–Crippen MR) is 98.1 cm³/mol. The van der Waals surface area contributed by atoms with Crippen LogP contribution in [-0.4, -0.2) is 44.7 Å². The number of hydrogen-bond donors (Lipinski definition) is 4. The van der Waals surface area contributed by atoms with E-state index in [1.54, 1.807) is 12.2 Å². The molecule has 0 amide bonds. The molecule has 0 radical (unpaired) electrons. The fourth-order valence-electron chi connectivity index (χ4n) is 3.41. The van der Waals surface area contributed by atoms with Gasteiger partial charge in [0.15, 0.2) is 0 Å². The minimum Gasteiger partial charge on any atom is -0.481 e. The average molecular weight is 354 g/mol. The van der Waals surface area contributed by atoms with E-state index in [9.17, 15) is 20.1 Å². The summed E-state index contributed by atoms with van der Waals surface area (Å²) in [5.41, 5.74) is 0. The van der Waals surface area contributed by atoms with Crippen LogP contribution >= 0.6 is 0 Å². The topological polar surface area (TPSA) is 98.0 Å². The maximum Gasteiger partial charge on any atom is 0.303 e. The van der Waals surface area contributed by atoms with Crippen molar-refractivity contribution in [2.24, 2.45) is 11.8 Å². The second-order valence-corrected chi connectivity index (χ2v) is 7.05. The van der Waals surface area contributed by atoms with Gasteiger partial charge >= 0.3 is 5.97 Å². The van der Waals surface area contributed by atoms with E-state index in [1.807, 2.05) is 0 Å². The minimum absolute atomic E-state index is 0.0418. The van der Waals surface area contributed by atoms with Crippen molar-refractivity contribution in [3.63, 3.8) is 0 Å². The summed E-state index contributed by atoms with van der Waals surface area (Å²) in [5.74, 6) is -1.08. The van der Waals surface area contributed by atoms with Gasteiger partial charge in [0.1, 0.15) is 0 Å². The van der Waals surface area contributed by atoms with E-state index in [4.69, 9.17) is 5.11 Å². The van der Waals surface area contributed by atoms with Crippen molar-refractivity contribution in [3.8, 4) is 0 Å². The molecule has 1 saturated carbocycles. The highest BCUT2D eigenvalue weighted by molar-refractivity contribution is 5.66. The van der Waals surface area contributed by atoms with Gasteiger partial charge in [0, 0.05) is 18.8 Å². The molecule has 25 heavy (non-hydrogen) atoms. The van der Waals surface area contributed by atoms with Gasteiger partial charge in [0.2, 0.25) is 0 Å². The number of allylic oxidation sites excluding steroid dienone is 2. The summed E-state index contributed by atoms with van der Waals surface area (Å²) in [5, 5.41) is 38.9. The Hall–Kier alpha value is -1.17. The van der Waals surface area contributed by atoms with Gasteiger partial charge < -0.3 is 20.4 Å². The van der Waals surface area contributed by atoms with E-state index >= 15 is 0 Å². The van der Waals surface area contributed by atoms with Crippen LogP contribution in [0, 0.1) is 11.8 Å². The molecule has 5 atom stereocenters. The lowest BCUT2D eigenvalue weighted by Crippen LogP contribution is -2.20. The zero-order valence-electron chi connectivity index (χ0n) is 15.3. The van der Waals surface area contributed by atoms with E-state index in [0.717, 1.165) is 6.42 Å². The summed E-state index contributed by atoms with van der Waals surface area (Å²) in [6.45, 7) is 2.17. The molecule has 0 aromatic heterocycles. The number of rotatable bonds is 12. The van der Waals surface area contributed by atoms with E-state index in [0.29, 0.717) is 25.7 Å². The third-order valence-corrected chi connectivity index (χ3v) is 4.91. The number of carboxylic acid groups (broad SMARTS) is 1. The molecule has 0 bridgehead atoms. The fraction of sp³-hybridized carbons (Fsp3) is 0.750. The molecule has 1 rings (SSSR count). The molecular formula is C20H34O5. The number of aliphatic hydroxyl groups excluding tert-OH is 3. The van der Waals surface area contributed by atoms with E-state index < -0.39 is 24.3 Å². The highest BCUT2D eigenvalue weighted by atomic mass is 16.4. The van der Waals surface area contributed by atoms with E-state index in [2.05, 4.69) is 19.1 Å². The third-order valence-electron chi connectivity index (χ3n) is 4.91. The van der Waals surface area contributed by atoms with Crippen LogP contribution in [0.1, 0.15) is 64.7 Å². The van der Waals surface area contributed by atoms with Crippen molar-refractivity contribution in [3.05, 3.63) is 24.3 Å². The van der Waals surface area contributed by atoms with Crippen LogP contribution in [0.25, 0.3) is 0 Å². The zero-order chi connectivity index (χ0) is 18.7. The smallest absolute Gasteiger partial charge is 0.303 e. The quantitative estimate of drug-likeness (QED) is 0.319. The van der Waals surface area contributed by atoms with E-state index in [-0.39, 0.29) is 18.3 Å². The molecule has 0 saturated heterocycles. The Labute approximate surface area is 151 Å². The van der Waals surface area contributed by atoms with Crippen molar-refractivity contribution >= 4 is 5.97 Å². The maximum absolute atomic E-state index is 10.5. The van der Waals surface area contributed by atoms with Gasteiger partial charge in [0.05, 0.1) is 18.3 Å². The molecular weight excluding hydrogens is 320 g/mol. The molecule has 0 aromatic carbocycles. The standard InChI is InChI=1S/C20H34O5/c1-2-3-4-5-6-7-10-16-17(19(23)14-18(16)22)13-12-15(21)9-8-11-20(24)25/h6-7,12-13,15-19,21-23H,2-5,8-11,14H2,1H3,(H,24,25)/b7-6-,13-12+/t15-,16-,17-,18+,19-/m0/s1. The lowest BCUT2D eigenvalue weighted by Gasteiger charge is -2.19. The predicted octanol–water partition coefficient (Wildman–Crippen LogP) is 3.04. The summed E-state index contributed by atoms with van der Waals surface area (Å²) in [4.78, 5) is 10.5. The molecule has 0 heterocycles. The summed E-state index contributed by atoms with van der Waals surface area (Å²) in [6.07, 6.45) is 12.4. The summed E-state index contributed by atoms with van der Waals surface area (Å²) in [6, 6.07) is 0. The first-order chi connectivity index (χ1) is 12.0. The number of carboxylic acids is 1. The van der Waals surface area contributed by atoms with Gasteiger partial charge in [-0.3, -0.25) is 4.79 Å². The first-order valence-corrected chi connectivity index (χ1v) is 9.55. The van der Waals surface area contributed by atoms with E-state index in [1.165, 1.54) is 19.3 Å². The number of unbranched alkanes of at least 4 members (excludes halogenated alkanes) is 3. The number of aliphatic hydroxyl groups is 3. The third kappa shape index (κ3) is 8.66. The Balaban J connectivity index is 2.47. The molecule has 1 aliphatic carbocycles. The summed E-state index contributed by atoms with van der Waals surface area (Å²) < 4.78 is 0. The van der Waals surface area contributed by atoms with Gasteiger partial charge in [-0.25, -0.2) is 0 Å². The monoisotopic (exact) mass is 354 g/mol. The van der Waals surface area contributed by atoms with Crippen LogP contribution in [0.2, 0.25) is 0 Å². The fourth-order valence-corrected chi connectivity index (χ4v) is 3.41. The maximum atomic E-state index is 10.5. The number of aliphatic carboxylic acids is 1. The molecule has 0 spiro atoms. The van der Waals surface area contributed by atoms with Crippen LogP contribution in [0.3, 0.4) is 0 Å². The first-order valence-electron chi connectivity index (χ1n) is 9.55. The zero-order valence-corrected chi connectivity index (χ0v) is 15.3.